The van der Waals surface area contributed by atoms with Gasteiger partial charge in [0, 0.05) is 18.8 Å². The molecule has 29 heavy (non-hydrogen) atoms. The van der Waals surface area contributed by atoms with E-state index in [1.54, 1.807) is 24.5 Å². The predicted molar refractivity (Wildman–Crippen MR) is 109 cm³/mol. The van der Waals surface area contributed by atoms with Gasteiger partial charge in [-0.2, -0.15) is 4.31 Å². The molecule has 0 bridgehead atoms. The van der Waals surface area contributed by atoms with Gasteiger partial charge in [0.25, 0.3) is 0 Å². The maximum atomic E-state index is 13.1. The first kappa shape index (κ1) is 21.4. The van der Waals surface area contributed by atoms with Crippen molar-refractivity contribution in [3.63, 3.8) is 0 Å². The van der Waals surface area contributed by atoms with E-state index in [1.807, 2.05) is 18.0 Å². The van der Waals surface area contributed by atoms with Crippen molar-refractivity contribution in [3.8, 4) is 5.75 Å². The minimum Gasteiger partial charge on any atom is -0.495 e. The largest absolute Gasteiger partial charge is 0.495 e. The number of benzene rings is 1. The molecule has 1 amide bonds. The minimum absolute atomic E-state index is 0.0728. The van der Waals surface area contributed by atoms with Crippen LogP contribution in [-0.4, -0.2) is 57.3 Å². The summed E-state index contributed by atoms with van der Waals surface area (Å²) < 4.78 is 38.2. The van der Waals surface area contributed by atoms with Gasteiger partial charge in [0.05, 0.1) is 26.5 Å². The topological polar surface area (TPSA) is 92.1 Å². The molecular weight excluding hydrogens is 394 g/mol. The lowest BCUT2D eigenvalue weighted by Crippen LogP contribution is -2.35. The van der Waals surface area contributed by atoms with Crippen LogP contribution in [0.15, 0.2) is 45.9 Å². The third kappa shape index (κ3) is 5.37. The summed E-state index contributed by atoms with van der Waals surface area (Å²) in [6, 6.07) is 8.31. The Morgan fingerprint density at radius 3 is 2.66 bits per heavy atom. The number of anilines is 1. The fourth-order valence-corrected chi connectivity index (χ4v) is 5.07. The Kier molecular flexibility index (Phi) is 6.94. The number of hydrogen-bond donors (Lipinski definition) is 1. The fraction of sp³-hybridized carbons (Fsp3) is 0.450. The molecule has 8 nitrogen and oxygen atoms in total. The van der Waals surface area contributed by atoms with Gasteiger partial charge in [-0.15, -0.1) is 0 Å². The number of furan rings is 1. The first-order valence-corrected chi connectivity index (χ1v) is 11.0. The minimum atomic E-state index is -3.69. The second kappa shape index (κ2) is 9.43. The van der Waals surface area contributed by atoms with E-state index in [9.17, 15) is 13.2 Å². The molecule has 0 atom stereocenters. The summed E-state index contributed by atoms with van der Waals surface area (Å²) in [5.74, 6) is 0.786. The van der Waals surface area contributed by atoms with E-state index in [0.29, 0.717) is 25.3 Å². The normalized spacial score (nSPS) is 15.4. The first-order valence-electron chi connectivity index (χ1n) is 9.59. The molecule has 1 aliphatic rings. The molecule has 9 heteroatoms. The number of methoxy groups -OCH3 is 1. The van der Waals surface area contributed by atoms with Crippen molar-refractivity contribution in [2.24, 2.45) is 0 Å². The highest BCUT2D eigenvalue weighted by molar-refractivity contribution is 7.89. The van der Waals surface area contributed by atoms with Crippen LogP contribution >= 0.6 is 0 Å². The third-order valence-corrected chi connectivity index (χ3v) is 6.72. The summed E-state index contributed by atoms with van der Waals surface area (Å²) in [4.78, 5) is 14.3. The van der Waals surface area contributed by atoms with Crippen LogP contribution in [0.25, 0.3) is 0 Å². The van der Waals surface area contributed by atoms with Gasteiger partial charge in [0.2, 0.25) is 15.9 Å². The van der Waals surface area contributed by atoms with Gasteiger partial charge in [-0.05, 0) is 50.2 Å². The SMILES string of the molecule is COc1ccc(NC(=O)CN(C)Cc2ccco2)cc1S(=O)(=O)N1CCCCC1. The molecule has 1 fully saturated rings. The summed E-state index contributed by atoms with van der Waals surface area (Å²) >= 11 is 0. The number of carbonyl (C=O) groups is 1. The number of sulfonamides is 1. The lowest BCUT2D eigenvalue weighted by molar-refractivity contribution is -0.117. The zero-order chi connectivity index (χ0) is 20.9. The number of likely N-dealkylation sites (N-methyl/N-ethyl adjacent to an activating group) is 1. The van der Waals surface area contributed by atoms with Crippen LogP contribution in [0.2, 0.25) is 0 Å². The van der Waals surface area contributed by atoms with E-state index >= 15 is 0 Å². The Bertz CT molecular complexity index is 922. The summed E-state index contributed by atoms with van der Waals surface area (Å²) in [5.41, 5.74) is 0.415. The van der Waals surface area contributed by atoms with Gasteiger partial charge in [-0.1, -0.05) is 6.42 Å². The number of nitrogens with zero attached hydrogens (tertiary/aromatic N) is 2. The fourth-order valence-electron chi connectivity index (χ4n) is 3.37. The number of ether oxygens (including phenoxy) is 1. The lowest BCUT2D eigenvalue weighted by Gasteiger charge is -2.26. The zero-order valence-electron chi connectivity index (χ0n) is 16.8. The molecule has 1 N–H and O–H groups in total. The van der Waals surface area contributed by atoms with Gasteiger partial charge in [0.1, 0.15) is 16.4 Å². The average Bonchev–Trinajstić information content (AvgIpc) is 3.21. The van der Waals surface area contributed by atoms with E-state index in [-0.39, 0.29) is 23.1 Å². The van der Waals surface area contributed by atoms with E-state index in [1.165, 1.54) is 17.5 Å². The molecule has 1 aliphatic heterocycles. The monoisotopic (exact) mass is 421 g/mol. The molecule has 0 spiro atoms. The van der Waals surface area contributed by atoms with Crippen LogP contribution in [0, 0.1) is 0 Å². The third-order valence-electron chi connectivity index (χ3n) is 4.80. The molecule has 0 saturated carbocycles. The van der Waals surface area contributed by atoms with Gasteiger partial charge >= 0.3 is 0 Å². The average molecular weight is 422 g/mol. The Balaban J connectivity index is 1.71. The zero-order valence-corrected chi connectivity index (χ0v) is 17.6. The molecule has 3 rings (SSSR count). The maximum absolute atomic E-state index is 13.1. The van der Waals surface area contributed by atoms with E-state index < -0.39 is 10.0 Å². The van der Waals surface area contributed by atoms with Crippen molar-refractivity contribution in [3.05, 3.63) is 42.4 Å². The van der Waals surface area contributed by atoms with Gasteiger partial charge < -0.3 is 14.5 Å². The van der Waals surface area contributed by atoms with Crippen LogP contribution in [0.5, 0.6) is 5.75 Å². The summed E-state index contributed by atoms with van der Waals surface area (Å²) in [6.45, 7) is 1.64. The number of amides is 1. The van der Waals surface area contributed by atoms with Crippen molar-refractivity contribution in [1.29, 1.82) is 0 Å². The Hall–Kier alpha value is -2.36. The van der Waals surface area contributed by atoms with Crippen LogP contribution in [0.1, 0.15) is 25.0 Å². The molecule has 0 radical (unpaired) electrons. The number of carbonyl (C=O) groups excluding carboxylic acids is 1. The van der Waals surface area contributed by atoms with Crippen molar-refractivity contribution in [2.75, 3.05) is 39.1 Å². The smallest absolute Gasteiger partial charge is 0.246 e. The van der Waals surface area contributed by atoms with Crippen molar-refractivity contribution < 1.29 is 22.4 Å². The summed E-state index contributed by atoms with van der Waals surface area (Å²) in [7, 11) is -0.441. The second-order valence-electron chi connectivity index (χ2n) is 7.13. The molecule has 1 aromatic heterocycles. The Morgan fingerprint density at radius 1 is 1.24 bits per heavy atom. The molecule has 2 aromatic rings. The summed E-state index contributed by atoms with van der Waals surface area (Å²) in [5, 5.41) is 2.77. The molecule has 0 aliphatic carbocycles. The van der Waals surface area contributed by atoms with Crippen LogP contribution in [0.3, 0.4) is 0 Å². The highest BCUT2D eigenvalue weighted by atomic mass is 32.2. The van der Waals surface area contributed by atoms with Gasteiger partial charge in [-0.3, -0.25) is 9.69 Å². The van der Waals surface area contributed by atoms with Crippen LogP contribution in [-0.2, 0) is 21.4 Å². The van der Waals surface area contributed by atoms with Gasteiger partial charge in [0.15, 0.2) is 0 Å². The summed E-state index contributed by atoms with van der Waals surface area (Å²) in [6.07, 6.45) is 4.32. The van der Waals surface area contributed by atoms with E-state index in [0.717, 1.165) is 25.0 Å². The van der Waals surface area contributed by atoms with Crippen LogP contribution < -0.4 is 10.1 Å². The van der Waals surface area contributed by atoms with Crippen molar-refractivity contribution in [2.45, 2.75) is 30.7 Å². The first-order chi connectivity index (χ1) is 13.9. The number of rotatable bonds is 8. The molecule has 0 unspecified atom stereocenters. The Labute approximate surface area is 171 Å². The highest BCUT2D eigenvalue weighted by Gasteiger charge is 2.29. The second-order valence-corrected chi connectivity index (χ2v) is 9.04. The highest BCUT2D eigenvalue weighted by Crippen LogP contribution is 2.31. The number of nitrogens with one attached hydrogen (secondary N) is 1. The number of piperidine rings is 1. The number of hydrogen-bond acceptors (Lipinski definition) is 6. The molecule has 1 aromatic carbocycles. The van der Waals surface area contributed by atoms with E-state index in [2.05, 4.69) is 5.32 Å². The molecular formula is C20H27N3O5S. The predicted octanol–water partition coefficient (Wildman–Crippen LogP) is 2.53. The molecule has 2 heterocycles. The molecule has 158 valence electrons. The maximum Gasteiger partial charge on any atom is 0.246 e. The quantitative estimate of drug-likeness (QED) is 0.704. The lowest BCUT2D eigenvalue weighted by atomic mass is 10.2. The van der Waals surface area contributed by atoms with E-state index in [4.69, 9.17) is 9.15 Å². The molecule has 1 saturated heterocycles. The standard InChI is InChI=1S/C20H27N3O5S/c1-22(14-17-7-6-12-28-17)15-20(24)21-16-8-9-18(27-2)19(13-16)29(25,26)23-10-4-3-5-11-23/h6-9,12-13H,3-5,10-11,14-15H2,1-2H3,(H,21,24). The van der Waals surface area contributed by atoms with Crippen LogP contribution in [0.4, 0.5) is 5.69 Å². The Morgan fingerprint density at radius 2 is 2.00 bits per heavy atom. The van der Waals surface area contributed by atoms with Crippen molar-refractivity contribution >= 4 is 21.6 Å². The van der Waals surface area contributed by atoms with Gasteiger partial charge in [-0.25, -0.2) is 8.42 Å². The van der Waals surface area contributed by atoms with Crippen molar-refractivity contribution in [1.82, 2.24) is 9.21 Å².